The average Bonchev–Trinajstić information content (AvgIpc) is 4.05. The zero-order chi connectivity index (χ0) is 40.5. The fraction of sp³-hybridized carbons (Fsp3) is 0.442. The zero-order valence-electron chi connectivity index (χ0n) is 33.6. The summed E-state index contributed by atoms with van der Waals surface area (Å²) >= 11 is 0. The van der Waals surface area contributed by atoms with Gasteiger partial charge in [-0.05, 0) is 89.8 Å². The molecule has 0 aliphatic carbocycles. The minimum absolute atomic E-state index is 0.110. The Morgan fingerprint density at radius 2 is 1.18 bits per heavy atom. The molecule has 0 radical (unpaired) electrons. The summed E-state index contributed by atoms with van der Waals surface area (Å²) in [6, 6.07) is 13.2. The van der Waals surface area contributed by atoms with E-state index >= 15 is 0 Å². The minimum Gasteiger partial charge on any atom is -0.453 e. The van der Waals surface area contributed by atoms with Crippen molar-refractivity contribution in [2.24, 2.45) is 11.8 Å². The Morgan fingerprint density at radius 3 is 1.67 bits per heavy atom. The van der Waals surface area contributed by atoms with Crippen LogP contribution in [0, 0.1) is 18.8 Å². The van der Waals surface area contributed by atoms with Crippen LogP contribution in [0.25, 0.3) is 44.1 Å². The highest BCUT2D eigenvalue weighted by atomic mass is 16.5. The highest BCUT2D eigenvalue weighted by Gasteiger charge is 2.39. The van der Waals surface area contributed by atoms with Crippen molar-refractivity contribution in [3.05, 3.63) is 72.1 Å². The van der Waals surface area contributed by atoms with E-state index in [2.05, 4.69) is 70.0 Å². The van der Waals surface area contributed by atoms with Crippen LogP contribution in [0.5, 0.6) is 0 Å². The largest absolute Gasteiger partial charge is 0.453 e. The number of aromatic nitrogens is 4. The molecular weight excluding hydrogens is 725 g/mol. The Hall–Kier alpha value is -5.92. The van der Waals surface area contributed by atoms with Gasteiger partial charge in [0.15, 0.2) is 0 Å². The second kappa shape index (κ2) is 16.3. The molecule has 4 N–H and O–H groups in total. The van der Waals surface area contributed by atoms with Crippen LogP contribution in [-0.2, 0) is 19.1 Å². The number of aromatic amines is 2. The number of H-pyrrole nitrogens is 2. The van der Waals surface area contributed by atoms with Crippen LogP contribution in [0.1, 0.15) is 82.7 Å². The lowest BCUT2D eigenvalue weighted by molar-refractivity contribution is -0.136. The van der Waals surface area contributed by atoms with Crippen molar-refractivity contribution in [2.75, 3.05) is 27.3 Å². The van der Waals surface area contributed by atoms with Gasteiger partial charge in [0.2, 0.25) is 11.8 Å². The van der Waals surface area contributed by atoms with Crippen LogP contribution < -0.4 is 10.6 Å². The number of hydrogen-bond donors (Lipinski definition) is 4. The number of alkyl carbamates (subject to hydrolysis) is 2. The van der Waals surface area contributed by atoms with E-state index in [0.29, 0.717) is 13.1 Å². The first-order chi connectivity index (χ1) is 27.4. The zero-order valence-corrected chi connectivity index (χ0v) is 33.6. The number of nitrogens with one attached hydrogen (secondary N) is 4. The monoisotopic (exact) mass is 776 g/mol. The van der Waals surface area contributed by atoms with Gasteiger partial charge >= 0.3 is 12.2 Å². The standard InChI is InChI=1S/C43H52N8O6/c1-23(2)36(48-42(54)56-6)40(52)50-16-8-10-34(50)38-44-21-32(46-38)27-14-15-30-25(5)31-20-28(13-12-26(31)18-29(30)19-27)33-22-45-39(47-33)35-11-9-17-51(35)41(53)37(24(3)4)49-43(55)57-7/h12-15,18-24,34-37H,8-11,16-17H2,1-7H3,(H,44,46)(H,45,47)(H,48,54)(H,49,55)/t34-,35-,36-,37-/m0/s1. The number of imidazole rings is 2. The van der Waals surface area contributed by atoms with Gasteiger partial charge in [-0.15, -0.1) is 0 Å². The van der Waals surface area contributed by atoms with Gasteiger partial charge in [-0.1, -0.05) is 52.0 Å². The number of amides is 4. The van der Waals surface area contributed by atoms with E-state index in [4.69, 9.17) is 19.4 Å². The van der Waals surface area contributed by atoms with E-state index in [9.17, 15) is 19.2 Å². The van der Waals surface area contributed by atoms with Crippen LogP contribution in [0.3, 0.4) is 0 Å². The van der Waals surface area contributed by atoms with Gasteiger partial charge in [-0.3, -0.25) is 9.59 Å². The fourth-order valence-corrected chi connectivity index (χ4v) is 8.37. The molecule has 7 rings (SSSR count). The van der Waals surface area contributed by atoms with Crippen LogP contribution in [0.15, 0.2) is 54.9 Å². The highest BCUT2D eigenvalue weighted by Crippen LogP contribution is 2.37. The first kappa shape index (κ1) is 39.3. The summed E-state index contributed by atoms with van der Waals surface area (Å²) in [4.78, 5) is 71.4. The first-order valence-electron chi connectivity index (χ1n) is 19.8. The summed E-state index contributed by atoms with van der Waals surface area (Å²) in [6.45, 7) is 10.9. The van der Waals surface area contributed by atoms with Crippen LogP contribution >= 0.6 is 0 Å². The van der Waals surface area contributed by atoms with E-state index < -0.39 is 24.3 Å². The molecule has 2 aliphatic heterocycles. The number of fused-ring (bicyclic) bond motifs is 2. The lowest BCUT2D eigenvalue weighted by Crippen LogP contribution is -2.51. The topological polar surface area (TPSA) is 175 Å². The molecular formula is C43H52N8O6. The smallest absolute Gasteiger partial charge is 0.407 e. The minimum atomic E-state index is -0.694. The number of aryl methyl sites for hydroxylation is 1. The van der Waals surface area contributed by atoms with Crippen molar-refractivity contribution in [3.63, 3.8) is 0 Å². The number of carbonyl (C=O) groups excluding carboxylic acids is 4. The molecule has 4 atom stereocenters. The summed E-state index contributed by atoms with van der Waals surface area (Å²) in [7, 11) is 2.59. The average molecular weight is 777 g/mol. The second-order valence-corrected chi connectivity index (χ2v) is 15.8. The molecule has 2 saturated heterocycles. The predicted octanol–water partition coefficient (Wildman–Crippen LogP) is 7.17. The summed E-state index contributed by atoms with van der Waals surface area (Å²) in [5.41, 5.74) is 4.88. The summed E-state index contributed by atoms with van der Waals surface area (Å²) in [6.07, 6.45) is 5.65. The van der Waals surface area contributed by atoms with E-state index in [-0.39, 0.29) is 35.7 Å². The Labute approximate surface area is 332 Å². The van der Waals surface area contributed by atoms with Crippen LogP contribution in [0.4, 0.5) is 9.59 Å². The Morgan fingerprint density at radius 1 is 0.684 bits per heavy atom. The van der Waals surface area contributed by atoms with Crippen molar-refractivity contribution < 1.29 is 28.7 Å². The summed E-state index contributed by atoms with van der Waals surface area (Å²) < 4.78 is 9.55. The number of ether oxygens (including phenoxy) is 2. The van der Waals surface area contributed by atoms with Crippen molar-refractivity contribution >= 4 is 45.5 Å². The van der Waals surface area contributed by atoms with Crippen molar-refractivity contribution in [1.29, 1.82) is 0 Å². The Balaban J connectivity index is 1.10. The maximum Gasteiger partial charge on any atom is 0.407 e. The molecule has 3 aromatic carbocycles. The van der Waals surface area contributed by atoms with Gasteiger partial charge in [0.25, 0.3) is 0 Å². The number of likely N-dealkylation sites (tertiary alicyclic amines) is 2. The molecule has 0 bridgehead atoms. The fourth-order valence-electron chi connectivity index (χ4n) is 8.37. The Bertz CT molecular complexity index is 2310. The normalized spacial score (nSPS) is 18.1. The number of rotatable bonds is 10. The molecule has 2 aromatic heterocycles. The quantitative estimate of drug-likeness (QED) is 0.108. The van der Waals surface area contributed by atoms with Crippen molar-refractivity contribution in [2.45, 2.75) is 84.5 Å². The molecule has 14 nitrogen and oxygen atoms in total. The summed E-state index contributed by atoms with van der Waals surface area (Å²) in [5, 5.41) is 9.89. The maximum atomic E-state index is 13.6. The molecule has 0 saturated carbocycles. The molecule has 300 valence electrons. The van der Waals surface area contributed by atoms with Gasteiger partial charge < -0.3 is 39.9 Å². The number of methoxy groups -OCH3 is 2. The summed E-state index contributed by atoms with van der Waals surface area (Å²) in [5.74, 6) is 0.951. The molecule has 14 heteroatoms. The third-order valence-corrected chi connectivity index (χ3v) is 11.5. The predicted molar refractivity (Wildman–Crippen MR) is 217 cm³/mol. The van der Waals surface area contributed by atoms with Gasteiger partial charge in [0.1, 0.15) is 23.7 Å². The lowest BCUT2D eigenvalue weighted by Gasteiger charge is -2.30. The molecule has 4 heterocycles. The molecule has 0 unspecified atom stereocenters. The number of nitrogens with zero attached hydrogens (tertiary/aromatic N) is 4. The van der Waals surface area contributed by atoms with E-state index in [1.807, 2.05) is 49.9 Å². The SMILES string of the molecule is COC(=O)N[C@H](C(=O)N1CCC[C@H]1c1ncc(-c2ccc3c(C)c4cc(-c5cnc([C@@H]6CCCN6C(=O)[C@@H](NC(=O)OC)C(C)C)[nH]5)ccc4cc3c2)[nH]1)C(C)C. The number of carbonyl (C=O) groups is 4. The van der Waals surface area contributed by atoms with Gasteiger partial charge in [-0.2, -0.15) is 0 Å². The highest BCUT2D eigenvalue weighted by molar-refractivity contribution is 6.04. The van der Waals surface area contributed by atoms with Crippen molar-refractivity contribution in [1.82, 2.24) is 40.4 Å². The van der Waals surface area contributed by atoms with Crippen molar-refractivity contribution in [3.8, 4) is 22.5 Å². The molecule has 5 aromatic rings. The van der Waals surface area contributed by atoms with Gasteiger partial charge in [0.05, 0.1) is 50.1 Å². The molecule has 4 amide bonds. The van der Waals surface area contributed by atoms with E-state index in [0.717, 1.165) is 87.0 Å². The van der Waals surface area contributed by atoms with Crippen LogP contribution in [0.2, 0.25) is 0 Å². The van der Waals surface area contributed by atoms with E-state index in [1.54, 1.807) is 0 Å². The second-order valence-electron chi connectivity index (χ2n) is 15.8. The lowest BCUT2D eigenvalue weighted by atomic mass is 9.94. The molecule has 2 aliphatic rings. The third-order valence-electron chi connectivity index (χ3n) is 11.5. The van der Waals surface area contributed by atoms with Gasteiger partial charge in [0, 0.05) is 24.2 Å². The number of benzene rings is 3. The molecule has 57 heavy (non-hydrogen) atoms. The maximum absolute atomic E-state index is 13.6. The molecule has 0 spiro atoms. The van der Waals surface area contributed by atoms with E-state index in [1.165, 1.54) is 14.2 Å². The molecule has 2 fully saturated rings. The van der Waals surface area contributed by atoms with Crippen LogP contribution in [-0.4, -0.2) is 93.1 Å². The van der Waals surface area contributed by atoms with Gasteiger partial charge in [-0.25, -0.2) is 19.6 Å². The third kappa shape index (κ3) is 7.77. The Kier molecular flexibility index (Phi) is 11.2. The first-order valence-corrected chi connectivity index (χ1v) is 19.8. The number of hydrogen-bond acceptors (Lipinski definition) is 8.